The third-order valence-corrected chi connectivity index (χ3v) is 2.65. The first kappa shape index (κ1) is 11.7. The summed E-state index contributed by atoms with van der Waals surface area (Å²) >= 11 is -2.07. The molecular formula is C11H13N3O2S. The first-order valence-electron chi connectivity index (χ1n) is 5.07. The van der Waals surface area contributed by atoms with Crippen molar-refractivity contribution >= 4 is 17.0 Å². The molecule has 0 saturated heterocycles. The average Bonchev–Trinajstić information content (AvgIpc) is 2.32. The summed E-state index contributed by atoms with van der Waals surface area (Å²) in [4.78, 5) is 0. The minimum Gasteiger partial charge on any atom is -0.366 e. The van der Waals surface area contributed by atoms with Crippen LogP contribution in [0.15, 0.2) is 54.4 Å². The zero-order valence-corrected chi connectivity index (χ0v) is 9.78. The van der Waals surface area contributed by atoms with E-state index in [1.54, 1.807) is 18.4 Å². The van der Waals surface area contributed by atoms with Crippen molar-refractivity contribution in [3.8, 4) is 0 Å². The average molecular weight is 251 g/mol. The van der Waals surface area contributed by atoms with Gasteiger partial charge in [-0.15, -0.1) is 0 Å². The van der Waals surface area contributed by atoms with E-state index in [0.29, 0.717) is 5.70 Å². The molecule has 0 fully saturated rings. The second-order valence-corrected chi connectivity index (χ2v) is 4.14. The van der Waals surface area contributed by atoms with Gasteiger partial charge in [-0.2, -0.15) is 0 Å². The molecule has 1 aromatic rings. The van der Waals surface area contributed by atoms with Gasteiger partial charge in [0.1, 0.15) is 6.17 Å². The summed E-state index contributed by atoms with van der Waals surface area (Å²) in [5.74, 6) is 0. The molecule has 6 heteroatoms. The zero-order valence-electron chi connectivity index (χ0n) is 8.96. The number of anilines is 1. The Bertz CT molecular complexity index is 459. The van der Waals surface area contributed by atoms with E-state index in [1.807, 2.05) is 30.3 Å². The molecule has 1 aliphatic heterocycles. The molecule has 4 N–H and O–H groups in total. The summed E-state index contributed by atoms with van der Waals surface area (Å²) in [6.45, 7) is 0. The highest BCUT2D eigenvalue weighted by molar-refractivity contribution is 7.77. The molecule has 0 spiro atoms. The first-order chi connectivity index (χ1) is 8.25. The van der Waals surface area contributed by atoms with Crippen LogP contribution < -0.4 is 15.4 Å². The summed E-state index contributed by atoms with van der Waals surface area (Å²) in [5, 5.41) is 6.25. The monoisotopic (exact) mass is 251 g/mol. The molecule has 0 bridgehead atoms. The SMILES string of the molecule is O=S(O)NC1=CC=CNC1Nc1ccccc1. The predicted octanol–water partition coefficient (Wildman–Crippen LogP) is 1.15. The topological polar surface area (TPSA) is 73.4 Å². The van der Waals surface area contributed by atoms with Crippen LogP contribution in [0.5, 0.6) is 0 Å². The first-order valence-corrected chi connectivity index (χ1v) is 6.18. The number of allylic oxidation sites excluding steroid dienone is 2. The molecule has 2 unspecified atom stereocenters. The van der Waals surface area contributed by atoms with Crippen molar-refractivity contribution in [2.75, 3.05) is 5.32 Å². The second kappa shape index (κ2) is 5.51. The lowest BCUT2D eigenvalue weighted by molar-refractivity contribution is 0.550. The molecule has 0 aromatic heterocycles. The minimum absolute atomic E-state index is 0.251. The molecule has 1 heterocycles. The second-order valence-electron chi connectivity index (χ2n) is 3.44. The molecule has 90 valence electrons. The molecule has 0 radical (unpaired) electrons. The lowest BCUT2D eigenvalue weighted by Crippen LogP contribution is -2.41. The zero-order chi connectivity index (χ0) is 12.1. The van der Waals surface area contributed by atoms with Gasteiger partial charge >= 0.3 is 0 Å². The lowest BCUT2D eigenvalue weighted by atomic mass is 10.2. The lowest BCUT2D eigenvalue weighted by Gasteiger charge is -2.25. The maximum Gasteiger partial charge on any atom is 0.259 e. The quantitative estimate of drug-likeness (QED) is 0.606. The molecule has 2 atom stereocenters. The van der Waals surface area contributed by atoms with Crippen molar-refractivity contribution in [1.82, 2.24) is 10.0 Å². The van der Waals surface area contributed by atoms with Gasteiger partial charge in [-0.05, 0) is 30.5 Å². The van der Waals surface area contributed by atoms with E-state index in [-0.39, 0.29) is 6.17 Å². The van der Waals surface area contributed by atoms with Gasteiger partial charge in [0, 0.05) is 5.69 Å². The highest BCUT2D eigenvalue weighted by Gasteiger charge is 2.15. The van der Waals surface area contributed by atoms with Crippen LogP contribution in [0.1, 0.15) is 0 Å². The van der Waals surface area contributed by atoms with Gasteiger partial charge in [-0.1, -0.05) is 18.2 Å². The standard InChI is InChI=1S/C11H13N3O2S/c15-17(16)14-10-7-4-8-12-11(10)13-9-5-2-1-3-6-9/h1-8,11-14H,(H,15,16). The van der Waals surface area contributed by atoms with Crippen LogP contribution >= 0.6 is 0 Å². The summed E-state index contributed by atoms with van der Waals surface area (Å²) in [5.41, 5.74) is 1.54. The van der Waals surface area contributed by atoms with E-state index >= 15 is 0 Å². The Morgan fingerprint density at radius 1 is 1.29 bits per heavy atom. The van der Waals surface area contributed by atoms with Crippen LogP contribution in [-0.2, 0) is 11.3 Å². The maximum absolute atomic E-state index is 10.7. The Labute approximate surface area is 102 Å². The van der Waals surface area contributed by atoms with Crippen LogP contribution in [0.25, 0.3) is 0 Å². The van der Waals surface area contributed by atoms with Crippen LogP contribution in [0.2, 0.25) is 0 Å². The van der Waals surface area contributed by atoms with Crippen molar-refractivity contribution in [3.63, 3.8) is 0 Å². The summed E-state index contributed by atoms with van der Waals surface area (Å²) in [6.07, 6.45) is 5.02. The van der Waals surface area contributed by atoms with E-state index < -0.39 is 11.3 Å². The third-order valence-electron chi connectivity index (χ3n) is 2.24. The summed E-state index contributed by atoms with van der Waals surface area (Å²) in [7, 11) is 0. The van der Waals surface area contributed by atoms with Gasteiger partial charge in [0.05, 0.1) is 5.70 Å². The van der Waals surface area contributed by atoms with Gasteiger partial charge in [0.15, 0.2) is 0 Å². The Hall–Kier alpha value is -1.79. The number of hydrogen-bond donors (Lipinski definition) is 4. The van der Waals surface area contributed by atoms with Crippen LogP contribution in [0, 0.1) is 0 Å². The van der Waals surface area contributed by atoms with E-state index in [1.165, 1.54) is 0 Å². The number of rotatable bonds is 4. The molecule has 2 rings (SSSR count). The number of dihydropyridines is 1. The van der Waals surface area contributed by atoms with E-state index in [0.717, 1.165) is 5.69 Å². The molecule has 17 heavy (non-hydrogen) atoms. The molecule has 0 saturated carbocycles. The van der Waals surface area contributed by atoms with Gasteiger partial charge in [-0.3, -0.25) is 9.27 Å². The number of nitrogens with one attached hydrogen (secondary N) is 3. The van der Waals surface area contributed by atoms with Crippen molar-refractivity contribution in [3.05, 3.63) is 54.4 Å². The maximum atomic E-state index is 10.7. The Morgan fingerprint density at radius 2 is 2.06 bits per heavy atom. The van der Waals surface area contributed by atoms with E-state index in [4.69, 9.17) is 4.55 Å². The fraction of sp³-hybridized carbons (Fsp3) is 0.0909. The highest BCUT2D eigenvalue weighted by atomic mass is 32.2. The van der Waals surface area contributed by atoms with Gasteiger partial charge in [0.25, 0.3) is 11.3 Å². The molecule has 0 amide bonds. The van der Waals surface area contributed by atoms with Gasteiger partial charge in [0.2, 0.25) is 0 Å². The van der Waals surface area contributed by atoms with E-state index in [9.17, 15) is 4.21 Å². The fourth-order valence-electron chi connectivity index (χ4n) is 1.50. The van der Waals surface area contributed by atoms with Crippen molar-refractivity contribution < 1.29 is 8.76 Å². The number of para-hydroxylation sites is 1. The Balaban J connectivity index is 2.07. The molecule has 5 nitrogen and oxygen atoms in total. The van der Waals surface area contributed by atoms with Crippen LogP contribution in [0.3, 0.4) is 0 Å². The third kappa shape index (κ3) is 3.33. The van der Waals surface area contributed by atoms with Gasteiger partial charge in [-0.25, -0.2) is 4.21 Å². The predicted molar refractivity (Wildman–Crippen MR) is 68.1 cm³/mol. The largest absolute Gasteiger partial charge is 0.366 e. The van der Waals surface area contributed by atoms with Crippen molar-refractivity contribution in [2.45, 2.75) is 6.17 Å². The normalized spacial score (nSPS) is 20.1. The van der Waals surface area contributed by atoms with Gasteiger partial charge < -0.3 is 10.6 Å². The van der Waals surface area contributed by atoms with Crippen LogP contribution in [0.4, 0.5) is 5.69 Å². The summed E-state index contributed by atoms with van der Waals surface area (Å²) in [6, 6.07) is 9.61. The molecule has 1 aliphatic rings. The molecule has 0 aliphatic carbocycles. The summed E-state index contributed by atoms with van der Waals surface area (Å²) < 4.78 is 22.0. The molecular weight excluding hydrogens is 238 g/mol. The number of benzene rings is 1. The fourth-order valence-corrected chi connectivity index (χ4v) is 1.89. The van der Waals surface area contributed by atoms with E-state index in [2.05, 4.69) is 15.4 Å². The Kier molecular flexibility index (Phi) is 3.79. The van der Waals surface area contributed by atoms with Crippen LogP contribution in [-0.4, -0.2) is 14.9 Å². The Morgan fingerprint density at radius 3 is 2.76 bits per heavy atom. The highest BCUT2D eigenvalue weighted by Crippen LogP contribution is 2.11. The smallest absolute Gasteiger partial charge is 0.259 e. The van der Waals surface area contributed by atoms with Crippen molar-refractivity contribution in [1.29, 1.82) is 0 Å². The minimum atomic E-state index is -2.07. The number of hydrogen-bond acceptors (Lipinski definition) is 3. The molecule has 1 aromatic carbocycles. The van der Waals surface area contributed by atoms with Crippen molar-refractivity contribution in [2.24, 2.45) is 0 Å².